The van der Waals surface area contributed by atoms with Gasteiger partial charge in [0.15, 0.2) is 0 Å². The highest BCUT2D eigenvalue weighted by Gasteiger charge is 2.17. The quantitative estimate of drug-likeness (QED) is 0.802. The van der Waals surface area contributed by atoms with Gasteiger partial charge in [0.25, 0.3) is 0 Å². The van der Waals surface area contributed by atoms with Crippen molar-refractivity contribution in [3.63, 3.8) is 0 Å². The van der Waals surface area contributed by atoms with Crippen molar-refractivity contribution in [3.05, 3.63) is 66.4 Å². The molecule has 1 amide bonds. The predicted octanol–water partition coefficient (Wildman–Crippen LogP) is 2.17. The van der Waals surface area contributed by atoms with Crippen LogP contribution in [-0.4, -0.2) is 19.3 Å². The van der Waals surface area contributed by atoms with Gasteiger partial charge in [-0.05, 0) is 36.4 Å². The summed E-state index contributed by atoms with van der Waals surface area (Å²) in [6.07, 6.45) is 1.37. The lowest BCUT2D eigenvalue weighted by Crippen LogP contribution is -2.11. The zero-order chi connectivity index (χ0) is 15.7. The summed E-state index contributed by atoms with van der Waals surface area (Å²) in [7, 11) is -3.61. The molecule has 22 heavy (non-hydrogen) atoms. The third-order valence-electron chi connectivity index (χ3n) is 3.30. The number of amides is 1. The topological polar surface area (TPSA) is 90.1 Å². The van der Waals surface area contributed by atoms with E-state index < -0.39 is 15.7 Å². The van der Waals surface area contributed by atoms with Crippen molar-refractivity contribution in [3.8, 4) is 0 Å². The van der Waals surface area contributed by atoms with Gasteiger partial charge in [-0.2, -0.15) is 0 Å². The van der Waals surface area contributed by atoms with Gasteiger partial charge in [0.1, 0.15) is 0 Å². The Bertz CT molecular complexity index is 967. The molecule has 0 spiro atoms. The van der Waals surface area contributed by atoms with Crippen molar-refractivity contribution < 1.29 is 13.2 Å². The van der Waals surface area contributed by atoms with E-state index in [1.165, 1.54) is 36.5 Å². The number of rotatable bonds is 3. The van der Waals surface area contributed by atoms with E-state index in [2.05, 4.69) is 4.98 Å². The Morgan fingerprint density at radius 2 is 1.68 bits per heavy atom. The zero-order valence-corrected chi connectivity index (χ0v) is 12.2. The predicted molar refractivity (Wildman–Crippen MR) is 82.2 cm³/mol. The van der Waals surface area contributed by atoms with E-state index >= 15 is 0 Å². The first-order chi connectivity index (χ1) is 10.5. The lowest BCUT2D eigenvalue weighted by Gasteiger charge is -2.06. The van der Waals surface area contributed by atoms with Crippen molar-refractivity contribution in [2.45, 2.75) is 9.79 Å². The summed E-state index contributed by atoms with van der Waals surface area (Å²) >= 11 is 0. The number of carbonyl (C=O) groups is 1. The number of primary amides is 1. The number of nitrogens with two attached hydrogens (primary N) is 1. The van der Waals surface area contributed by atoms with Crippen LogP contribution in [0.25, 0.3) is 10.9 Å². The molecule has 1 aromatic heterocycles. The van der Waals surface area contributed by atoms with Crippen LogP contribution in [0.5, 0.6) is 0 Å². The van der Waals surface area contributed by atoms with Crippen LogP contribution in [0.4, 0.5) is 0 Å². The van der Waals surface area contributed by atoms with Crippen LogP contribution in [0.1, 0.15) is 10.4 Å². The Morgan fingerprint density at radius 3 is 2.36 bits per heavy atom. The Hall–Kier alpha value is -2.73. The zero-order valence-electron chi connectivity index (χ0n) is 11.4. The fourth-order valence-electron chi connectivity index (χ4n) is 2.15. The van der Waals surface area contributed by atoms with Crippen LogP contribution in [0.15, 0.2) is 70.6 Å². The summed E-state index contributed by atoms with van der Waals surface area (Å²) in [5.74, 6) is -0.606. The maximum absolute atomic E-state index is 12.6. The van der Waals surface area contributed by atoms with Gasteiger partial charge in [0.2, 0.25) is 15.7 Å². The normalized spacial score (nSPS) is 11.5. The first kappa shape index (κ1) is 14.2. The molecule has 0 aliphatic heterocycles. The monoisotopic (exact) mass is 312 g/mol. The molecule has 0 atom stereocenters. The second kappa shape index (κ2) is 5.23. The average molecular weight is 312 g/mol. The molecule has 5 nitrogen and oxygen atoms in total. The van der Waals surface area contributed by atoms with E-state index in [1.54, 1.807) is 24.3 Å². The lowest BCUT2D eigenvalue weighted by molar-refractivity contribution is 0.1000. The molecule has 2 aromatic carbocycles. The van der Waals surface area contributed by atoms with Crippen LogP contribution in [-0.2, 0) is 9.84 Å². The van der Waals surface area contributed by atoms with E-state index in [0.717, 1.165) is 0 Å². The molecule has 0 saturated heterocycles. The fourth-order valence-corrected chi connectivity index (χ4v) is 3.46. The van der Waals surface area contributed by atoms with E-state index in [4.69, 9.17) is 5.73 Å². The third kappa shape index (κ3) is 2.44. The minimum atomic E-state index is -3.61. The molecular formula is C16H12N2O3S. The maximum atomic E-state index is 12.6. The Morgan fingerprint density at radius 1 is 0.955 bits per heavy atom. The highest BCUT2D eigenvalue weighted by Crippen LogP contribution is 2.24. The minimum Gasteiger partial charge on any atom is -0.366 e. The fraction of sp³-hybridized carbons (Fsp3) is 0. The minimum absolute atomic E-state index is 0.148. The molecule has 1 heterocycles. The molecule has 0 aliphatic carbocycles. The second-order valence-corrected chi connectivity index (χ2v) is 6.71. The van der Waals surface area contributed by atoms with E-state index in [9.17, 15) is 13.2 Å². The summed E-state index contributed by atoms with van der Waals surface area (Å²) in [6.45, 7) is 0. The number of aromatic nitrogens is 1. The van der Waals surface area contributed by atoms with Gasteiger partial charge in [-0.1, -0.05) is 18.2 Å². The summed E-state index contributed by atoms with van der Waals surface area (Å²) in [5.41, 5.74) is 6.05. The molecule has 110 valence electrons. The second-order valence-electron chi connectivity index (χ2n) is 4.76. The number of nitrogens with zero attached hydrogens (tertiary/aromatic N) is 1. The van der Waals surface area contributed by atoms with Crippen molar-refractivity contribution in [1.82, 2.24) is 4.98 Å². The summed E-state index contributed by atoms with van der Waals surface area (Å²) in [4.78, 5) is 15.7. The number of benzene rings is 2. The van der Waals surface area contributed by atoms with Crippen molar-refractivity contribution in [2.24, 2.45) is 5.73 Å². The van der Waals surface area contributed by atoms with Crippen LogP contribution in [0.2, 0.25) is 0 Å². The Balaban J connectivity index is 2.18. The summed E-state index contributed by atoms with van der Waals surface area (Å²) in [5, 5.41) is 0.549. The van der Waals surface area contributed by atoms with Crippen molar-refractivity contribution in [2.75, 3.05) is 0 Å². The third-order valence-corrected chi connectivity index (χ3v) is 5.07. The lowest BCUT2D eigenvalue weighted by atomic mass is 10.1. The highest BCUT2D eigenvalue weighted by molar-refractivity contribution is 7.91. The van der Waals surface area contributed by atoms with Crippen molar-refractivity contribution >= 4 is 26.6 Å². The molecule has 2 N–H and O–H groups in total. The first-order valence-corrected chi connectivity index (χ1v) is 7.96. The van der Waals surface area contributed by atoms with Crippen LogP contribution in [0, 0.1) is 0 Å². The SMILES string of the molecule is NC(=O)c1cnc2ccc(S(=O)(=O)c3ccccc3)cc2c1. The van der Waals surface area contributed by atoms with Crippen LogP contribution in [0.3, 0.4) is 0 Å². The number of pyridine rings is 1. The first-order valence-electron chi connectivity index (χ1n) is 6.48. The molecule has 0 saturated carbocycles. The number of fused-ring (bicyclic) bond motifs is 1. The van der Waals surface area contributed by atoms with Crippen LogP contribution >= 0.6 is 0 Å². The van der Waals surface area contributed by atoms with Gasteiger partial charge in [0.05, 0.1) is 20.9 Å². The molecule has 0 bridgehead atoms. The van der Waals surface area contributed by atoms with Gasteiger partial charge < -0.3 is 5.73 Å². The Labute approximate surface area is 127 Å². The van der Waals surface area contributed by atoms with Crippen molar-refractivity contribution in [1.29, 1.82) is 0 Å². The standard InChI is InChI=1S/C16H12N2O3S/c17-16(19)12-8-11-9-14(6-7-15(11)18-10-12)22(20,21)13-4-2-1-3-5-13/h1-10H,(H2,17,19). The number of sulfone groups is 1. The van der Waals surface area contributed by atoms with Gasteiger partial charge >= 0.3 is 0 Å². The van der Waals surface area contributed by atoms with Gasteiger partial charge in [-0.15, -0.1) is 0 Å². The molecule has 3 aromatic rings. The highest BCUT2D eigenvalue weighted by atomic mass is 32.2. The molecule has 0 unspecified atom stereocenters. The van der Waals surface area contributed by atoms with E-state index in [1.807, 2.05) is 0 Å². The maximum Gasteiger partial charge on any atom is 0.250 e. The molecule has 3 rings (SSSR count). The van der Waals surface area contributed by atoms with Gasteiger partial charge in [-0.3, -0.25) is 9.78 Å². The largest absolute Gasteiger partial charge is 0.366 e. The summed E-state index contributed by atoms with van der Waals surface area (Å²) in [6, 6.07) is 14.3. The van der Waals surface area contributed by atoms with E-state index in [-0.39, 0.29) is 15.4 Å². The number of hydrogen-bond donors (Lipinski definition) is 1. The van der Waals surface area contributed by atoms with E-state index in [0.29, 0.717) is 10.9 Å². The average Bonchev–Trinajstić information content (AvgIpc) is 2.54. The molecule has 6 heteroatoms. The molecule has 0 aliphatic rings. The summed E-state index contributed by atoms with van der Waals surface area (Å²) < 4.78 is 25.2. The number of hydrogen-bond acceptors (Lipinski definition) is 4. The Kier molecular flexibility index (Phi) is 3.38. The van der Waals surface area contributed by atoms with Crippen LogP contribution < -0.4 is 5.73 Å². The smallest absolute Gasteiger partial charge is 0.250 e. The number of carbonyl (C=O) groups excluding carboxylic acids is 1. The molecular weight excluding hydrogens is 300 g/mol. The molecule has 0 fully saturated rings. The van der Waals surface area contributed by atoms with Gasteiger partial charge in [-0.25, -0.2) is 8.42 Å². The van der Waals surface area contributed by atoms with Gasteiger partial charge in [0, 0.05) is 11.6 Å². The molecule has 0 radical (unpaired) electrons.